The Kier molecular flexibility index (Phi) is 2.77. The Labute approximate surface area is 93.9 Å². The Morgan fingerprint density at radius 1 is 1.00 bits per heavy atom. The van der Waals surface area contributed by atoms with Gasteiger partial charge in [0.05, 0.1) is 11.0 Å². The normalized spacial score (nSPS) is 10.5. The fourth-order valence-corrected chi connectivity index (χ4v) is 1.88. The van der Waals surface area contributed by atoms with E-state index in [9.17, 15) is 4.79 Å². The molecule has 0 atom stereocenters. The van der Waals surface area contributed by atoms with Crippen molar-refractivity contribution in [1.29, 1.82) is 0 Å². The van der Waals surface area contributed by atoms with Crippen molar-refractivity contribution in [1.82, 2.24) is 9.13 Å². The summed E-state index contributed by atoms with van der Waals surface area (Å²) in [6.45, 7) is 8.40. The lowest BCUT2D eigenvalue weighted by Crippen LogP contribution is -2.23. The maximum absolute atomic E-state index is 12.1. The zero-order chi connectivity index (χ0) is 11.5. The van der Waals surface area contributed by atoms with E-state index < -0.39 is 0 Å². The molecule has 1 heterocycles. The number of imidazole rings is 1. The summed E-state index contributed by atoms with van der Waals surface area (Å²) in [6.07, 6.45) is 3.46. The van der Waals surface area contributed by atoms with Crippen LogP contribution in [0.4, 0.5) is 0 Å². The largest absolute Gasteiger partial charge is 0.329 e. The van der Waals surface area contributed by atoms with Crippen molar-refractivity contribution in [3.05, 3.63) is 60.1 Å². The lowest BCUT2D eigenvalue weighted by atomic mass is 10.3. The number of nitrogens with zero attached hydrogens (tertiary/aromatic N) is 2. The van der Waals surface area contributed by atoms with Crippen molar-refractivity contribution in [2.75, 3.05) is 0 Å². The minimum atomic E-state index is -0.0130. The summed E-state index contributed by atoms with van der Waals surface area (Å²) in [4.78, 5) is 12.1. The van der Waals surface area contributed by atoms with Gasteiger partial charge in [-0.25, -0.2) is 4.79 Å². The summed E-state index contributed by atoms with van der Waals surface area (Å²) < 4.78 is 3.43. The van der Waals surface area contributed by atoms with Gasteiger partial charge in [-0.05, 0) is 12.1 Å². The molecule has 0 N–H and O–H groups in total. The molecule has 16 heavy (non-hydrogen) atoms. The fourth-order valence-electron chi connectivity index (χ4n) is 1.88. The van der Waals surface area contributed by atoms with Crippen LogP contribution in [0, 0.1) is 0 Å². The lowest BCUT2D eigenvalue weighted by molar-refractivity contribution is 0.719. The smallest absolute Gasteiger partial charge is 0.288 e. The monoisotopic (exact) mass is 214 g/mol. The van der Waals surface area contributed by atoms with E-state index in [2.05, 4.69) is 13.2 Å². The van der Waals surface area contributed by atoms with Crippen LogP contribution in [0.15, 0.2) is 54.4 Å². The Morgan fingerprint density at radius 2 is 1.44 bits per heavy atom. The molecule has 0 unspecified atom stereocenters. The number of fused-ring (bicyclic) bond motifs is 1. The van der Waals surface area contributed by atoms with Gasteiger partial charge in [-0.15, -0.1) is 13.2 Å². The maximum Gasteiger partial charge on any atom is 0.329 e. The number of hydrogen-bond donors (Lipinski definition) is 0. The van der Waals surface area contributed by atoms with Crippen LogP contribution in [0.3, 0.4) is 0 Å². The molecule has 0 spiro atoms. The Balaban J connectivity index is 2.79. The van der Waals surface area contributed by atoms with Gasteiger partial charge in [-0.1, -0.05) is 24.3 Å². The average molecular weight is 214 g/mol. The number of hydrogen-bond acceptors (Lipinski definition) is 1. The summed E-state index contributed by atoms with van der Waals surface area (Å²) in [6, 6.07) is 7.75. The van der Waals surface area contributed by atoms with Crippen LogP contribution in [-0.4, -0.2) is 9.13 Å². The molecule has 3 nitrogen and oxygen atoms in total. The van der Waals surface area contributed by atoms with Crippen molar-refractivity contribution in [3.8, 4) is 0 Å². The molecule has 3 heteroatoms. The van der Waals surface area contributed by atoms with Crippen molar-refractivity contribution in [3.63, 3.8) is 0 Å². The first kappa shape index (κ1) is 10.5. The summed E-state index contributed by atoms with van der Waals surface area (Å²) >= 11 is 0. The second-order valence-corrected chi connectivity index (χ2v) is 3.57. The Hall–Kier alpha value is -2.03. The zero-order valence-electron chi connectivity index (χ0n) is 9.10. The molecular formula is C13H14N2O. The second kappa shape index (κ2) is 4.23. The highest BCUT2D eigenvalue weighted by Gasteiger charge is 2.09. The van der Waals surface area contributed by atoms with Gasteiger partial charge in [-0.2, -0.15) is 0 Å². The third kappa shape index (κ3) is 1.50. The predicted molar refractivity (Wildman–Crippen MR) is 66.6 cm³/mol. The predicted octanol–water partition coefficient (Wildman–Crippen LogP) is 2.17. The molecule has 82 valence electrons. The van der Waals surface area contributed by atoms with Crippen molar-refractivity contribution < 1.29 is 0 Å². The van der Waals surface area contributed by atoms with Crippen LogP contribution in [0.25, 0.3) is 11.0 Å². The van der Waals surface area contributed by atoms with E-state index in [-0.39, 0.29) is 5.69 Å². The first-order valence-corrected chi connectivity index (χ1v) is 5.19. The molecule has 0 saturated heterocycles. The zero-order valence-corrected chi connectivity index (χ0v) is 9.10. The molecule has 2 rings (SSSR count). The molecule has 0 radical (unpaired) electrons. The van der Waals surface area contributed by atoms with Crippen LogP contribution in [0.2, 0.25) is 0 Å². The standard InChI is InChI=1S/C13H14N2O/c1-3-9-14-11-7-5-6-8-12(11)15(10-4-2)13(14)16/h3-8H,1-2,9-10H2. The van der Waals surface area contributed by atoms with Crippen LogP contribution < -0.4 is 5.69 Å². The highest BCUT2D eigenvalue weighted by molar-refractivity contribution is 5.76. The van der Waals surface area contributed by atoms with Crippen molar-refractivity contribution >= 4 is 11.0 Å². The third-order valence-corrected chi connectivity index (χ3v) is 2.55. The maximum atomic E-state index is 12.1. The SMILES string of the molecule is C=CCn1c(=O)n(CC=C)c2ccccc21. The van der Waals surface area contributed by atoms with Crippen molar-refractivity contribution in [2.45, 2.75) is 13.1 Å². The summed E-state index contributed by atoms with van der Waals surface area (Å²) in [5, 5.41) is 0. The molecule has 1 aromatic heterocycles. The molecule has 0 aliphatic rings. The van der Waals surface area contributed by atoms with Gasteiger partial charge in [-0.3, -0.25) is 9.13 Å². The topological polar surface area (TPSA) is 26.9 Å². The van der Waals surface area contributed by atoms with Gasteiger partial charge in [0.25, 0.3) is 0 Å². The molecular weight excluding hydrogens is 200 g/mol. The van der Waals surface area contributed by atoms with Gasteiger partial charge in [0, 0.05) is 13.1 Å². The molecule has 0 aliphatic heterocycles. The average Bonchev–Trinajstić information content (AvgIpc) is 2.56. The number of aromatic nitrogens is 2. The highest BCUT2D eigenvalue weighted by Crippen LogP contribution is 2.12. The Morgan fingerprint density at radius 3 is 1.81 bits per heavy atom. The summed E-state index contributed by atoms with van der Waals surface area (Å²) in [5.74, 6) is 0. The van der Waals surface area contributed by atoms with Crippen LogP contribution in [0.5, 0.6) is 0 Å². The Bertz CT molecular complexity index is 539. The van der Waals surface area contributed by atoms with Crippen molar-refractivity contribution in [2.24, 2.45) is 0 Å². The number of benzene rings is 1. The minimum Gasteiger partial charge on any atom is -0.288 e. The minimum absolute atomic E-state index is 0.0130. The van der Waals surface area contributed by atoms with Crippen LogP contribution in [-0.2, 0) is 13.1 Å². The molecule has 2 aromatic rings. The van der Waals surface area contributed by atoms with Crippen LogP contribution in [0.1, 0.15) is 0 Å². The second-order valence-electron chi connectivity index (χ2n) is 3.57. The van der Waals surface area contributed by atoms with Gasteiger partial charge in [0.1, 0.15) is 0 Å². The van der Waals surface area contributed by atoms with E-state index in [4.69, 9.17) is 0 Å². The van der Waals surface area contributed by atoms with Crippen LogP contribution >= 0.6 is 0 Å². The lowest BCUT2D eigenvalue weighted by Gasteiger charge is -1.96. The van der Waals surface area contributed by atoms with Gasteiger partial charge in [0.2, 0.25) is 0 Å². The molecule has 0 saturated carbocycles. The first-order chi connectivity index (χ1) is 7.79. The summed E-state index contributed by atoms with van der Waals surface area (Å²) in [7, 11) is 0. The van der Waals surface area contributed by atoms with E-state index >= 15 is 0 Å². The third-order valence-electron chi connectivity index (χ3n) is 2.55. The van der Waals surface area contributed by atoms with Gasteiger partial charge < -0.3 is 0 Å². The van der Waals surface area contributed by atoms with E-state index in [1.54, 1.807) is 21.3 Å². The number of para-hydroxylation sites is 2. The van der Waals surface area contributed by atoms with E-state index in [0.717, 1.165) is 11.0 Å². The number of rotatable bonds is 4. The quantitative estimate of drug-likeness (QED) is 0.716. The van der Waals surface area contributed by atoms with E-state index in [0.29, 0.717) is 13.1 Å². The molecule has 1 aromatic carbocycles. The molecule has 0 bridgehead atoms. The van der Waals surface area contributed by atoms with Gasteiger partial charge >= 0.3 is 5.69 Å². The first-order valence-electron chi connectivity index (χ1n) is 5.19. The fraction of sp³-hybridized carbons (Fsp3) is 0.154. The van der Waals surface area contributed by atoms with Gasteiger partial charge in [0.15, 0.2) is 0 Å². The molecule has 0 aliphatic carbocycles. The van der Waals surface area contributed by atoms with E-state index in [1.807, 2.05) is 24.3 Å². The molecule has 0 amide bonds. The van der Waals surface area contributed by atoms with E-state index in [1.165, 1.54) is 0 Å². The highest BCUT2D eigenvalue weighted by atomic mass is 16.1. The molecule has 0 fully saturated rings. The number of allylic oxidation sites excluding steroid dienone is 2. The summed E-state index contributed by atoms with van der Waals surface area (Å²) in [5.41, 5.74) is 1.87.